The highest BCUT2D eigenvalue weighted by Gasteiger charge is 2.14. The first-order valence-corrected chi connectivity index (χ1v) is 5.69. The third-order valence-electron chi connectivity index (χ3n) is 2.80. The number of amides is 1. The van der Waals surface area contributed by atoms with Gasteiger partial charge >= 0.3 is 0 Å². The lowest BCUT2D eigenvalue weighted by Gasteiger charge is -2.06. The second-order valence-electron chi connectivity index (χ2n) is 4.13. The largest absolute Gasteiger partial charge is 0.366 e. The van der Waals surface area contributed by atoms with Gasteiger partial charge < -0.3 is 5.73 Å². The zero-order valence-corrected chi connectivity index (χ0v) is 10.1. The smallest absolute Gasteiger partial charge is 0.269 e. The van der Waals surface area contributed by atoms with Crippen molar-refractivity contribution in [2.24, 2.45) is 5.73 Å². The van der Waals surface area contributed by atoms with Crippen LogP contribution in [0.3, 0.4) is 0 Å². The molecule has 5 nitrogen and oxygen atoms in total. The molecule has 0 atom stereocenters. The van der Waals surface area contributed by atoms with E-state index in [2.05, 4.69) is 0 Å². The maximum atomic E-state index is 11.3. The van der Waals surface area contributed by atoms with Crippen LogP contribution in [-0.2, 0) is 6.42 Å². The van der Waals surface area contributed by atoms with Crippen LogP contribution in [0.25, 0.3) is 0 Å². The minimum atomic E-state index is -0.583. The molecule has 1 amide bonds. The summed E-state index contributed by atoms with van der Waals surface area (Å²) in [6.07, 6.45) is 0.431. The standard InChI is InChI=1S/C14H12N2O3/c15-14(17)13-7-6-12(16(18)19)9-11(13)8-10-4-2-1-3-5-10/h1-7,9H,8H2,(H2,15,17). The zero-order valence-electron chi connectivity index (χ0n) is 10.1. The van der Waals surface area contributed by atoms with E-state index in [4.69, 9.17) is 5.73 Å². The average Bonchev–Trinajstić information content (AvgIpc) is 2.39. The number of nitro benzene ring substituents is 1. The van der Waals surface area contributed by atoms with E-state index in [-0.39, 0.29) is 5.69 Å². The normalized spacial score (nSPS) is 10.1. The summed E-state index contributed by atoms with van der Waals surface area (Å²) in [5.41, 5.74) is 7.08. The van der Waals surface area contributed by atoms with E-state index in [9.17, 15) is 14.9 Å². The topological polar surface area (TPSA) is 86.2 Å². The van der Waals surface area contributed by atoms with Crippen LogP contribution in [0.2, 0.25) is 0 Å². The number of carbonyl (C=O) groups excluding carboxylic acids is 1. The third-order valence-corrected chi connectivity index (χ3v) is 2.80. The van der Waals surface area contributed by atoms with E-state index in [0.717, 1.165) is 5.56 Å². The molecule has 2 aromatic rings. The van der Waals surface area contributed by atoms with Crippen molar-refractivity contribution < 1.29 is 9.72 Å². The van der Waals surface area contributed by atoms with Gasteiger partial charge in [-0.25, -0.2) is 0 Å². The van der Waals surface area contributed by atoms with Crippen molar-refractivity contribution in [1.82, 2.24) is 0 Å². The molecule has 0 unspecified atom stereocenters. The number of benzene rings is 2. The summed E-state index contributed by atoms with van der Waals surface area (Å²) < 4.78 is 0. The Hall–Kier alpha value is -2.69. The first-order valence-electron chi connectivity index (χ1n) is 5.69. The molecule has 0 heterocycles. The summed E-state index contributed by atoms with van der Waals surface area (Å²) >= 11 is 0. The van der Waals surface area contributed by atoms with Gasteiger partial charge in [0.1, 0.15) is 0 Å². The minimum Gasteiger partial charge on any atom is -0.366 e. The first kappa shape index (κ1) is 12.8. The molecule has 0 spiro atoms. The van der Waals surface area contributed by atoms with Crippen LogP contribution in [0.5, 0.6) is 0 Å². The molecule has 96 valence electrons. The summed E-state index contributed by atoms with van der Waals surface area (Å²) in [6, 6.07) is 13.5. The van der Waals surface area contributed by atoms with E-state index in [1.54, 1.807) is 0 Å². The molecule has 0 aliphatic heterocycles. The summed E-state index contributed by atoms with van der Waals surface area (Å²) in [5.74, 6) is -0.583. The van der Waals surface area contributed by atoms with Crippen molar-refractivity contribution in [3.8, 4) is 0 Å². The Morgan fingerprint density at radius 1 is 1.16 bits per heavy atom. The van der Waals surface area contributed by atoms with Crippen molar-refractivity contribution in [3.05, 3.63) is 75.3 Å². The third kappa shape index (κ3) is 2.95. The Morgan fingerprint density at radius 3 is 2.42 bits per heavy atom. The minimum absolute atomic E-state index is 0.0454. The zero-order chi connectivity index (χ0) is 13.8. The van der Waals surface area contributed by atoms with Gasteiger partial charge in [-0.15, -0.1) is 0 Å². The molecule has 2 rings (SSSR count). The Morgan fingerprint density at radius 2 is 1.84 bits per heavy atom. The monoisotopic (exact) mass is 256 g/mol. The molecule has 2 N–H and O–H groups in total. The maximum Gasteiger partial charge on any atom is 0.269 e. The van der Waals surface area contributed by atoms with Crippen LogP contribution < -0.4 is 5.73 Å². The number of nitrogens with two attached hydrogens (primary N) is 1. The van der Waals surface area contributed by atoms with Crippen LogP contribution in [0.4, 0.5) is 5.69 Å². The molecule has 19 heavy (non-hydrogen) atoms. The molecule has 0 bridgehead atoms. The highest BCUT2D eigenvalue weighted by Crippen LogP contribution is 2.20. The van der Waals surface area contributed by atoms with Crippen LogP contribution in [-0.4, -0.2) is 10.8 Å². The fourth-order valence-electron chi connectivity index (χ4n) is 1.90. The van der Waals surface area contributed by atoms with Crippen LogP contribution >= 0.6 is 0 Å². The van der Waals surface area contributed by atoms with Crippen molar-refractivity contribution in [2.45, 2.75) is 6.42 Å². The van der Waals surface area contributed by atoms with Crippen LogP contribution in [0.15, 0.2) is 48.5 Å². The highest BCUT2D eigenvalue weighted by atomic mass is 16.6. The maximum absolute atomic E-state index is 11.3. The number of primary amides is 1. The van der Waals surface area contributed by atoms with Gasteiger partial charge in [-0.1, -0.05) is 30.3 Å². The van der Waals surface area contributed by atoms with E-state index < -0.39 is 10.8 Å². The van der Waals surface area contributed by atoms with Crippen molar-refractivity contribution in [3.63, 3.8) is 0 Å². The lowest BCUT2D eigenvalue weighted by atomic mass is 9.99. The second kappa shape index (κ2) is 5.30. The predicted molar refractivity (Wildman–Crippen MR) is 70.9 cm³/mol. The Bertz CT molecular complexity index is 624. The van der Waals surface area contributed by atoms with Gasteiger partial charge in [0.05, 0.1) is 4.92 Å². The second-order valence-corrected chi connectivity index (χ2v) is 4.13. The van der Waals surface area contributed by atoms with Gasteiger partial charge in [0.2, 0.25) is 5.91 Å². The summed E-state index contributed by atoms with van der Waals surface area (Å²) in [4.78, 5) is 21.6. The number of carbonyl (C=O) groups is 1. The summed E-state index contributed by atoms with van der Waals surface area (Å²) in [7, 11) is 0. The molecule has 5 heteroatoms. The molecule has 0 aliphatic carbocycles. The van der Waals surface area contributed by atoms with Crippen LogP contribution in [0.1, 0.15) is 21.5 Å². The Balaban J connectivity index is 2.43. The fourth-order valence-corrected chi connectivity index (χ4v) is 1.90. The highest BCUT2D eigenvalue weighted by molar-refractivity contribution is 5.94. The SMILES string of the molecule is NC(=O)c1ccc([N+](=O)[O-])cc1Cc1ccccc1. The van der Waals surface area contributed by atoms with Gasteiger partial charge in [-0.05, 0) is 23.6 Å². The lowest BCUT2D eigenvalue weighted by Crippen LogP contribution is -2.14. The van der Waals surface area contributed by atoms with E-state index in [1.165, 1.54) is 18.2 Å². The predicted octanol–water partition coefficient (Wildman–Crippen LogP) is 2.28. The molecule has 0 saturated heterocycles. The molecule has 0 saturated carbocycles. The number of hydrogen-bond acceptors (Lipinski definition) is 3. The van der Waals surface area contributed by atoms with Gasteiger partial charge in [0.15, 0.2) is 0 Å². The quantitative estimate of drug-likeness (QED) is 0.672. The van der Waals surface area contributed by atoms with Crippen molar-refractivity contribution in [1.29, 1.82) is 0 Å². The molecule has 2 aromatic carbocycles. The lowest BCUT2D eigenvalue weighted by molar-refractivity contribution is -0.384. The molecule has 0 fully saturated rings. The van der Waals surface area contributed by atoms with Gasteiger partial charge in [0, 0.05) is 17.7 Å². The summed E-state index contributed by atoms with van der Waals surface area (Å²) in [5, 5.41) is 10.8. The summed E-state index contributed by atoms with van der Waals surface area (Å²) in [6.45, 7) is 0. The number of nitro groups is 1. The number of hydrogen-bond donors (Lipinski definition) is 1. The van der Waals surface area contributed by atoms with E-state index in [0.29, 0.717) is 17.5 Å². The van der Waals surface area contributed by atoms with Crippen molar-refractivity contribution in [2.75, 3.05) is 0 Å². The molecular weight excluding hydrogens is 244 g/mol. The average molecular weight is 256 g/mol. The number of nitrogens with zero attached hydrogens (tertiary/aromatic N) is 1. The van der Waals surface area contributed by atoms with E-state index >= 15 is 0 Å². The Labute approximate surface area is 109 Å². The molecule has 0 aromatic heterocycles. The van der Waals surface area contributed by atoms with Crippen molar-refractivity contribution >= 4 is 11.6 Å². The molecule has 0 aliphatic rings. The fraction of sp³-hybridized carbons (Fsp3) is 0.0714. The number of non-ortho nitro benzene ring substituents is 1. The number of rotatable bonds is 4. The van der Waals surface area contributed by atoms with E-state index in [1.807, 2.05) is 30.3 Å². The first-order chi connectivity index (χ1) is 9.08. The van der Waals surface area contributed by atoms with Gasteiger partial charge in [-0.2, -0.15) is 0 Å². The van der Waals surface area contributed by atoms with Gasteiger partial charge in [0.25, 0.3) is 5.69 Å². The van der Waals surface area contributed by atoms with Gasteiger partial charge in [-0.3, -0.25) is 14.9 Å². The molecular formula is C14H12N2O3. The molecule has 0 radical (unpaired) electrons. The van der Waals surface area contributed by atoms with Crippen LogP contribution in [0, 0.1) is 10.1 Å². The Kier molecular flexibility index (Phi) is 3.56.